The second-order valence-corrected chi connectivity index (χ2v) is 6.20. The first kappa shape index (κ1) is 11.5. The maximum absolute atomic E-state index is 6.30. The number of hydrogen-bond acceptors (Lipinski definition) is 0. The van der Waals surface area contributed by atoms with Gasteiger partial charge in [0.2, 0.25) is 0 Å². The Bertz CT molecular complexity index is 584. The molecule has 0 heterocycles. The summed E-state index contributed by atoms with van der Waals surface area (Å²) in [6, 6.07) is 17.9. The van der Waals surface area contributed by atoms with Crippen LogP contribution in [0.15, 0.2) is 48.5 Å². The van der Waals surface area contributed by atoms with Crippen LogP contribution in [0.4, 0.5) is 0 Å². The molecule has 5 rings (SSSR count). The first-order valence-electron chi connectivity index (χ1n) is 7.06. The molecule has 0 N–H and O–H groups in total. The van der Waals surface area contributed by atoms with E-state index in [2.05, 4.69) is 55.5 Å². The average Bonchev–Trinajstić information content (AvgIpc) is 2.47. The summed E-state index contributed by atoms with van der Waals surface area (Å²) in [5.41, 5.74) is 6.07. The molecule has 96 valence electrons. The molecule has 3 aliphatic rings. The maximum atomic E-state index is 6.30. The minimum absolute atomic E-state index is 0.491. The van der Waals surface area contributed by atoms with Gasteiger partial charge in [-0.3, -0.25) is 0 Å². The van der Waals surface area contributed by atoms with E-state index in [9.17, 15) is 0 Å². The molecule has 0 saturated heterocycles. The van der Waals surface area contributed by atoms with E-state index in [1.807, 2.05) is 0 Å². The lowest BCUT2D eigenvalue weighted by molar-refractivity contribution is 0.274. The standard InChI is InChI=1S/C18H17Cl/c1-11-16(10-19)18-14-8-4-2-6-12(14)17(11)13-7-3-5-9-15(13)18/h2-9,11,16-18H,10H2,1H3/t11-,16-,17?,18?/m0/s1. The first-order valence-corrected chi connectivity index (χ1v) is 7.60. The van der Waals surface area contributed by atoms with Gasteiger partial charge in [0, 0.05) is 17.7 Å². The van der Waals surface area contributed by atoms with Gasteiger partial charge in [-0.25, -0.2) is 0 Å². The molecule has 0 spiro atoms. The van der Waals surface area contributed by atoms with Crippen LogP contribution in [0, 0.1) is 11.8 Å². The van der Waals surface area contributed by atoms with Crippen molar-refractivity contribution in [2.45, 2.75) is 18.8 Å². The lowest BCUT2D eigenvalue weighted by Crippen LogP contribution is -2.39. The van der Waals surface area contributed by atoms with Crippen LogP contribution in [-0.4, -0.2) is 5.88 Å². The lowest BCUT2D eigenvalue weighted by atomic mass is 9.55. The van der Waals surface area contributed by atoms with Crippen LogP contribution in [0.2, 0.25) is 0 Å². The zero-order chi connectivity index (χ0) is 13.0. The summed E-state index contributed by atoms with van der Waals surface area (Å²) in [5, 5.41) is 0. The summed E-state index contributed by atoms with van der Waals surface area (Å²) in [6.07, 6.45) is 0. The van der Waals surface area contributed by atoms with Crippen molar-refractivity contribution in [2.75, 3.05) is 5.88 Å². The number of fused-ring (bicyclic) bond motifs is 1. The predicted octanol–water partition coefficient (Wildman–Crippen LogP) is 4.77. The Morgan fingerprint density at radius 2 is 1.21 bits per heavy atom. The molecule has 0 fully saturated rings. The summed E-state index contributed by atoms with van der Waals surface area (Å²) >= 11 is 6.30. The highest BCUT2D eigenvalue weighted by atomic mass is 35.5. The van der Waals surface area contributed by atoms with Crippen LogP contribution >= 0.6 is 11.6 Å². The third-order valence-electron chi connectivity index (χ3n) is 5.14. The van der Waals surface area contributed by atoms with E-state index < -0.39 is 0 Å². The van der Waals surface area contributed by atoms with Gasteiger partial charge in [-0.1, -0.05) is 55.5 Å². The molecular formula is C18H17Cl. The number of rotatable bonds is 1. The molecule has 19 heavy (non-hydrogen) atoms. The maximum Gasteiger partial charge on any atom is 0.0263 e. The van der Waals surface area contributed by atoms with Crippen LogP contribution in [0.3, 0.4) is 0 Å². The zero-order valence-electron chi connectivity index (χ0n) is 11.0. The van der Waals surface area contributed by atoms with E-state index >= 15 is 0 Å². The van der Waals surface area contributed by atoms with Crippen LogP contribution in [0.5, 0.6) is 0 Å². The monoisotopic (exact) mass is 268 g/mol. The topological polar surface area (TPSA) is 0 Å². The van der Waals surface area contributed by atoms with Gasteiger partial charge in [0.25, 0.3) is 0 Å². The lowest BCUT2D eigenvalue weighted by Gasteiger charge is -2.49. The fraction of sp³-hybridized carbons (Fsp3) is 0.333. The van der Waals surface area contributed by atoms with Crippen molar-refractivity contribution >= 4 is 11.6 Å². The molecule has 2 atom stereocenters. The summed E-state index contributed by atoms with van der Waals surface area (Å²) in [4.78, 5) is 0. The van der Waals surface area contributed by atoms with Crippen LogP contribution in [0.1, 0.15) is 41.0 Å². The normalized spacial score (nSPS) is 30.8. The van der Waals surface area contributed by atoms with Crippen molar-refractivity contribution in [1.29, 1.82) is 0 Å². The quantitative estimate of drug-likeness (QED) is 0.654. The smallest absolute Gasteiger partial charge is 0.0263 e. The molecule has 0 radical (unpaired) electrons. The van der Waals surface area contributed by atoms with Crippen LogP contribution in [0.25, 0.3) is 0 Å². The summed E-state index contributed by atoms with van der Waals surface area (Å²) in [5.74, 6) is 2.97. The molecule has 0 saturated carbocycles. The Morgan fingerprint density at radius 3 is 1.63 bits per heavy atom. The molecule has 2 bridgehead atoms. The van der Waals surface area contributed by atoms with Crippen LogP contribution < -0.4 is 0 Å². The van der Waals surface area contributed by atoms with Gasteiger partial charge in [-0.15, -0.1) is 11.6 Å². The fourth-order valence-electron chi connectivity index (χ4n) is 4.30. The van der Waals surface area contributed by atoms with E-state index in [4.69, 9.17) is 11.6 Å². The van der Waals surface area contributed by atoms with Gasteiger partial charge < -0.3 is 0 Å². The molecule has 0 amide bonds. The Labute approximate surface area is 119 Å². The van der Waals surface area contributed by atoms with Gasteiger partial charge in [0.15, 0.2) is 0 Å². The van der Waals surface area contributed by atoms with Gasteiger partial charge in [-0.05, 0) is 34.1 Å². The molecule has 0 aliphatic heterocycles. The molecule has 2 aromatic rings. The molecule has 0 unspecified atom stereocenters. The van der Waals surface area contributed by atoms with Crippen molar-refractivity contribution in [1.82, 2.24) is 0 Å². The summed E-state index contributed by atoms with van der Waals surface area (Å²) in [7, 11) is 0. The van der Waals surface area contributed by atoms with Crippen molar-refractivity contribution in [3.05, 3.63) is 70.8 Å². The number of halogens is 1. The van der Waals surface area contributed by atoms with Crippen LogP contribution in [-0.2, 0) is 0 Å². The minimum atomic E-state index is 0.491. The highest BCUT2D eigenvalue weighted by Gasteiger charge is 2.46. The molecular weight excluding hydrogens is 252 g/mol. The first-order chi connectivity index (χ1) is 9.33. The largest absolute Gasteiger partial charge is 0.126 e. The third-order valence-corrected chi connectivity index (χ3v) is 5.50. The van der Waals surface area contributed by atoms with Gasteiger partial charge in [0.05, 0.1) is 0 Å². The van der Waals surface area contributed by atoms with E-state index in [0.29, 0.717) is 23.7 Å². The van der Waals surface area contributed by atoms with Crippen molar-refractivity contribution < 1.29 is 0 Å². The van der Waals surface area contributed by atoms with E-state index in [-0.39, 0.29) is 0 Å². The van der Waals surface area contributed by atoms with Gasteiger partial charge in [0.1, 0.15) is 0 Å². The minimum Gasteiger partial charge on any atom is -0.126 e. The van der Waals surface area contributed by atoms with Crippen molar-refractivity contribution in [3.63, 3.8) is 0 Å². The SMILES string of the molecule is C[C@@H]1C2c3ccccc3C(c3ccccc32)[C@H]1CCl. The number of alkyl halides is 1. The molecule has 2 aromatic carbocycles. The second-order valence-electron chi connectivity index (χ2n) is 5.89. The Kier molecular flexibility index (Phi) is 2.50. The third kappa shape index (κ3) is 1.41. The molecule has 0 nitrogen and oxygen atoms in total. The highest BCUT2D eigenvalue weighted by Crippen LogP contribution is 2.58. The fourth-order valence-corrected chi connectivity index (χ4v) is 4.76. The van der Waals surface area contributed by atoms with Gasteiger partial charge in [-0.2, -0.15) is 0 Å². The Morgan fingerprint density at radius 1 is 0.789 bits per heavy atom. The van der Waals surface area contributed by atoms with E-state index in [0.717, 1.165) is 5.88 Å². The second kappa shape index (κ2) is 4.11. The average molecular weight is 269 g/mol. The number of benzene rings is 2. The highest BCUT2D eigenvalue weighted by molar-refractivity contribution is 6.18. The molecule has 0 aromatic heterocycles. The number of hydrogen-bond donors (Lipinski definition) is 0. The molecule has 3 aliphatic carbocycles. The Hall–Kier alpha value is -1.27. The van der Waals surface area contributed by atoms with Crippen molar-refractivity contribution in [3.8, 4) is 0 Å². The predicted molar refractivity (Wildman–Crippen MR) is 79.9 cm³/mol. The summed E-state index contributed by atoms with van der Waals surface area (Å²) < 4.78 is 0. The summed E-state index contributed by atoms with van der Waals surface area (Å²) in [6.45, 7) is 2.37. The Balaban J connectivity index is 2.03. The zero-order valence-corrected chi connectivity index (χ0v) is 11.8. The van der Waals surface area contributed by atoms with E-state index in [1.54, 1.807) is 0 Å². The van der Waals surface area contributed by atoms with Crippen molar-refractivity contribution in [2.24, 2.45) is 11.8 Å². The van der Waals surface area contributed by atoms with Gasteiger partial charge >= 0.3 is 0 Å². The molecule has 1 heteroatoms. The van der Waals surface area contributed by atoms with E-state index in [1.165, 1.54) is 22.3 Å².